The molecule has 2 amide bonds. The van der Waals surface area contributed by atoms with Crippen molar-refractivity contribution in [3.63, 3.8) is 0 Å². The molecular formula is C29H31FN2O4. The molecule has 0 spiro atoms. The third-order valence-electron chi connectivity index (χ3n) is 6.11. The van der Waals surface area contributed by atoms with Gasteiger partial charge in [-0.15, -0.1) is 6.58 Å². The van der Waals surface area contributed by atoms with E-state index in [1.165, 1.54) is 12.1 Å². The van der Waals surface area contributed by atoms with Crippen LogP contribution in [0.5, 0.6) is 5.75 Å². The molecule has 1 N–H and O–H groups in total. The van der Waals surface area contributed by atoms with Gasteiger partial charge in [0.15, 0.2) is 5.76 Å². The van der Waals surface area contributed by atoms with Crippen LogP contribution in [0.1, 0.15) is 59.3 Å². The highest BCUT2D eigenvalue weighted by molar-refractivity contribution is 5.91. The van der Waals surface area contributed by atoms with E-state index in [1.54, 1.807) is 30.3 Å². The van der Waals surface area contributed by atoms with Crippen molar-refractivity contribution >= 4 is 11.8 Å². The Hall–Kier alpha value is -3.87. The normalized spacial score (nSPS) is 14.9. The van der Waals surface area contributed by atoms with Crippen LogP contribution in [0, 0.1) is 11.7 Å². The van der Waals surface area contributed by atoms with Crippen LogP contribution in [0.25, 0.3) is 0 Å². The van der Waals surface area contributed by atoms with Crippen molar-refractivity contribution in [1.29, 1.82) is 0 Å². The number of benzene rings is 2. The molecule has 0 fully saturated rings. The topological polar surface area (TPSA) is 71.8 Å². The minimum atomic E-state index is -0.326. The quantitative estimate of drug-likeness (QED) is 0.406. The van der Waals surface area contributed by atoms with E-state index in [0.29, 0.717) is 31.0 Å². The summed E-state index contributed by atoms with van der Waals surface area (Å²) in [5.41, 5.74) is 2.95. The van der Waals surface area contributed by atoms with Gasteiger partial charge in [-0.05, 0) is 65.4 Å². The number of halogens is 1. The fourth-order valence-electron chi connectivity index (χ4n) is 4.41. The summed E-state index contributed by atoms with van der Waals surface area (Å²) in [7, 11) is 0. The number of carbonyl (C=O) groups excluding carboxylic acids is 2. The van der Waals surface area contributed by atoms with Gasteiger partial charge in [-0.3, -0.25) is 9.59 Å². The molecule has 4 rings (SSSR count). The summed E-state index contributed by atoms with van der Waals surface area (Å²) >= 11 is 0. The summed E-state index contributed by atoms with van der Waals surface area (Å²) in [4.78, 5) is 27.1. The highest BCUT2D eigenvalue weighted by Crippen LogP contribution is 2.38. The summed E-state index contributed by atoms with van der Waals surface area (Å²) in [6.45, 7) is 8.73. The van der Waals surface area contributed by atoms with Crippen molar-refractivity contribution in [3.8, 4) is 5.75 Å². The molecule has 2 aromatic carbocycles. The summed E-state index contributed by atoms with van der Waals surface area (Å²) in [6.07, 6.45) is 2.78. The van der Waals surface area contributed by atoms with Gasteiger partial charge < -0.3 is 19.4 Å². The SMILES string of the molecule is C=CCNC(=O)c1ccc(COc2ccc3c(c2)C(c2ccc(F)cc2)N(C(=O)CC(C)C)CC3)o1. The summed E-state index contributed by atoms with van der Waals surface area (Å²) < 4.78 is 25.3. The largest absolute Gasteiger partial charge is 0.486 e. The van der Waals surface area contributed by atoms with Crippen molar-refractivity contribution in [1.82, 2.24) is 10.2 Å². The number of carbonyl (C=O) groups is 2. The van der Waals surface area contributed by atoms with E-state index in [1.807, 2.05) is 36.9 Å². The molecule has 0 saturated heterocycles. The average Bonchev–Trinajstić information content (AvgIpc) is 3.34. The lowest BCUT2D eigenvalue weighted by molar-refractivity contribution is -0.134. The number of furan rings is 1. The van der Waals surface area contributed by atoms with Crippen LogP contribution in [0.2, 0.25) is 0 Å². The lowest BCUT2D eigenvalue weighted by Gasteiger charge is -2.38. The average molecular weight is 491 g/mol. The monoisotopic (exact) mass is 490 g/mol. The van der Waals surface area contributed by atoms with Crippen molar-refractivity contribution in [2.24, 2.45) is 5.92 Å². The van der Waals surface area contributed by atoms with E-state index in [-0.39, 0.29) is 42.0 Å². The maximum absolute atomic E-state index is 13.7. The first kappa shape index (κ1) is 25.2. The first-order valence-electron chi connectivity index (χ1n) is 12.1. The lowest BCUT2D eigenvalue weighted by atomic mass is 9.87. The first-order valence-corrected chi connectivity index (χ1v) is 12.1. The van der Waals surface area contributed by atoms with Gasteiger partial charge in [0.25, 0.3) is 5.91 Å². The molecule has 2 heterocycles. The fourth-order valence-corrected chi connectivity index (χ4v) is 4.41. The maximum atomic E-state index is 13.7. The molecule has 6 nitrogen and oxygen atoms in total. The van der Waals surface area contributed by atoms with Gasteiger partial charge in [0.05, 0.1) is 6.04 Å². The molecule has 1 aliphatic heterocycles. The standard InChI is InChI=1S/C29H31FN2O4/c1-4-14-31-29(34)26-12-11-24(36-26)18-35-23-10-7-20-13-15-32(27(33)16-19(2)3)28(25(20)17-23)21-5-8-22(30)9-6-21/h4-12,17,19,28H,1,13-16,18H2,2-3H3,(H,31,34). The van der Waals surface area contributed by atoms with Gasteiger partial charge >= 0.3 is 0 Å². The summed E-state index contributed by atoms with van der Waals surface area (Å²) in [6, 6.07) is 15.2. The molecule has 1 aliphatic rings. The molecule has 3 aromatic rings. The van der Waals surface area contributed by atoms with Crippen molar-refractivity contribution < 1.29 is 23.1 Å². The zero-order valence-corrected chi connectivity index (χ0v) is 20.6. The Kier molecular flexibility index (Phi) is 7.88. The van der Waals surface area contributed by atoms with Crippen LogP contribution in [-0.2, 0) is 17.8 Å². The molecular weight excluding hydrogens is 459 g/mol. The third-order valence-corrected chi connectivity index (χ3v) is 6.11. The van der Waals surface area contributed by atoms with Crippen LogP contribution in [0.15, 0.2) is 71.7 Å². The Bertz CT molecular complexity index is 1230. The Morgan fingerprint density at radius 3 is 2.69 bits per heavy atom. The number of fused-ring (bicyclic) bond motifs is 1. The minimum Gasteiger partial charge on any atom is -0.486 e. The molecule has 0 aliphatic carbocycles. The predicted molar refractivity (Wildman–Crippen MR) is 135 cm³/mol. The summed E-state index contributed by atoms with van der Waals surface area (Å²) in [5, 5.41) is 2.67. The van der Waals surface area contributed by atoms with E-state index in [9.17, 15) is 14.0 Å². The van der Waals surface area contributed by atoms with Gasteiger partial charge in [-0.25, -0.2) is 4.39 Å². The van der Waals surface area contributed by atoms with Gasteiger partial charge in [0, 0.05) is 19.5 Å². The highest BCUT2D eigenvalue weighted by Gasteiger charge is 2.32. The second kappa shape index (κ2) is 11.2. The van der Waals surface area contributed by atoms with Crippen LogP contribution < -0.4 is 10.1 Å². The number of rotatable bonds is 9. The molecule has 0 bridgehead atoms. The van der Waals surface area contributed by atoms with E-state index in [4.69, 9.17) is 9.15 Å². The van der Waals surface area contributed by atoms with Crippen LogP contribution >= 0.6 is 0 Å². The lowest BCUT2D eigenvalue weighted by Crippen LogP contribution is -2.41. The minimum absolute atomic E-state index is 0.0779. The maximum Gasteiger partial charge on any atom is 0.287 e. The van der Waals surface area contributed by atoms with Gasteiger partial charge in [0.1, 0.15) is 23.9 Å². The van der Waals surface area contributed by atoms with Crippen LogP contribution in [0.3, 0.4) is 0 Å². The third kappa shape index (κ3) is 5.85. The van der Waals surface area contributed by atoms with E-state index < -0.39 is 0 Å². The highest BCUT2D eigenvalue weighted by atomic mass is 19.1. The predicted octanol–water partition coefficient (Wildman–Crippen LogP) is 5.43. The van der Waals surface area contributed by atoms with Crippen LogP contribution in [0.4, 0.5) is 4.39 Å². The Balaban J connectivity index is 1.57. The van der Waals surface area contributed by atoms with Crippen molar-refractivity contribution in [2.75, 3.05) is 13.1 Å². The number of nitrogens with zero attached hydrogens (tertiary/aromatic N) is 1. The molecule has 1 aromatic heterocycles. The second-order valence-electron chi connectivity index (χ2n) is 9.30. The Labute approximate surface area is 210 Å². The molecule has 1 atom stereocenters. The molecule has 7 heteroatoms. The number of ether oxygens (including phenoxy) is 1. The second-order valence-corrected chi connectivity index (χ2v) is 9.30. The Morgan fingerprint density at radius 1 is 1.19 bits per heavy atom. The molecule has 1 unspecified atom stereocenters. The Morgan fingerprint density at radius 2 is 1.97 bits per heavy atom. The number of nitrogens with one attached hydrogen (secondary N) is 1. The van der Waals surface area contributed by atoms with Crippen molar-refractivity contribution in [2.45, 2.75) is 39.3 Å². The zero-order chi connectivity index (χ0) is 25.7. The van der Waals surface area contributed by atoms with Crippen molar-refractivity contribution in [3.05, 3.63) is 101 Å². The van der Waals surface area contributed by atoms with E-state index >= 15 is 0 Å². The van der Waals surface area contributed by atoms with E-state index in [0.717, 1.165) is 23.1 Å². The molecule has 0 radical (unpaired) electrons. The zero-order valence-electron chi connectivity index (χ0n) is 20.6. The van der Waals surface area contributed by atoms with Gasteiger partial charge in [0.2, 0.25) is 5.91 Å². The first-order chi connectivity index (χ1) is 17.4. The van der Waals surface area contributed by atoms with Gasteiger partial charge in [-0.2, -0.15) is 0 Å². The number of amides is 2. The number of hydrogen-bond donors (Lipinski definition) is 1. The van der Waals surface area contributed by atoms with E-state index in [2.05, 4.69) is 11.9 Å². The fraction of sp³-hybridized carbons (Fsp3) is 0.310. The molecule has 188 valence electrons. The van der Waals surface area contributed by atoms with Crippen LogP contribution in [-0.4, -0.2) is 29.8 Å². The van der Waals surface area contributed by atoms with Gasteiger partial charge in [-0.1, -0.05) is 38.1 Å². The number of hydrogen-bond acceptors (Lipinski definition) is 4. The smallest absolute Gasteiger partial charge is 0.287 e. The summed E-state index contributed by atoms with van der Waals surface area (Å²) in [5.74, 6) is 1.02. The molecule has 0 saturated carbocycles. The molecule has 36 heavy (non-hydrogen) atoms.